The normalized spacial score (nSPS) is 15.3. The number of rotatable bonds is 6. The van der Waals surface area contributed by atoms with E-state index in [-0.39, 0.29) is 12.0 Å². The minimum Gasteiger partial charge on any atom is -0.485 e. The fourth-order valence-electron chi connectivity index (χ4n) is 9.71. The first-order valence-electron chi connectivity index (χ1n) is 21.7. The fraction of sp³-hybridized carbons (Fsp3) is 0.0339. The Balaban J connectivity index is 0.871. The third-order valence-electron chi connectivity index (χ3n) is 12.9. The second kappa shape index (κ2) is 14.6. The predicted octanol–water partition coefficient (Wildman–Crippen LogP) is 14.9. The second-order valence-corrected chi connectivity index (χ2v) is 16.7. The lowest BCUT2D eigenvalue weighted by Crippen LogP contribution is -2.19. The van der Waals surface area contributed by atoms with Gasteiger partial charge in [-0.15, -0.1) is 0 Å². The summed E-state index contributed by atoms with van der Waals surface area (Å²) < 4.78 is 12.9. The minimum atomic E-state index is -0.0653. The van der Waals surface area contributed by atoms with Gasteiger partial charge in [0.1, 0.15) is 23.0 Å². The van der Waals surface area contributed by atoms with Crippen LogP contribution in [-0.2, 0) is 0 Å². The van der Waals surface area contributed by atoms with Gasteiger partial charge in [0.05, 0.1) is 5.92 Å². The Labute approximate surface area is 369 Å². The highest BCUT2D eigenvalue weighted by Crippen LogP contribution is 2.49. The van der Waals surface area contributed by atoms with E-state index in [1.165, 1.54) is 44.3 Å². The maximum atomic E-state index is 6.58. The third kappa shape index (κ3) is 6.12. The smallest absolute Gasteiger partial charge is 0.164 e. The summed E-state index contributed by atoms with van der Waals surface area (Å²) in [4.78, 5) is 15.5. The molecule has 5 nitrogen and oxygen atoms in total. The average molecular weight is 820 g/mol. The maximum Gasteiger partial charge on any atom is 0.164 e. The van der Waals surface area contributed by atoms with Crippen molar-refractivity contribution in [2.75, 3.05) is 0 Å². The molecule has 0 amide bonds. The standard InChI is InChI=1S/C59H37N3O2/c1-2-10-36(11-3-1)38-20-22-39(23-21-38)43-30-31-52-50(35-43)55-47(15-8-18-53(55)64-52)44-27-25-42-34-46(29-26-41(42)32-44)58-60-57(45-28-24-37-12-4-5-13-40(37)33-45)61-59(62-58)49-16-9-19-54-56(49)48-14-6-7-17-51(48)63-54/h1-35,53,55H. The minimum absolute atomic E-state index is 0.0653. The molecule has 1 aliphatic heterocycles. The summed E-state index contributed by atoms with van der Waals surface area (Å²) in [6.07, 6.45) is 6.50. The van der Waals surface area contributed by atoms with Crippen molar-refractivity contribution in [3.8, 4) is 62.2 Å². The molecule has 64 heavy (non-hydrogen) atoms. The van der Waals surface area contributed by atoms with Gasteiger partial charge >= 0.3 is 0 Å². The van der Waals surface area contributed by atoms with Crippen molar-refractivity contribution in [2.24, 2.45) is 0 Å². The Kier molecular flexibility index (Phi) is 8.28. The monoisotopic (exact) mass is 819 g/mol. The summed E-state index contributed by atoms with van der Waals surface area (Å²) in [5, 5.41) is 6.55. The number of para-hydroxylation sites is 1. The van der Waals surface area contributed by atoms with Gasteiger partial charge in [-0.1, -0.05) is 164 Å². The number of benzene rings is 9. The molecule has 300 valence electrons. The highest BCUT2D eigenvalue weighted by atomic mass is 16.5. The molecule has 5 heteroatoms. The molecule has 3 heterocycles. The molecule has 0 saturated carbocycles. The average Bonchev–Trinajstić information content (AvgIpc) is 3.94. The molecule has 1 aliphatic carbocycles. The summed E-state index contributed by atoms with van der Waals surface area (Å²) in [5.74, 6) is 2.84. The van der Waals surface area contributed by atoms with Crippen molar-refractivity contribution in [1.82, 2.24) is 15.0 Å². The zero-order valence-corrected chi connectivity index (χ0v) is 34.5. The molecule has 0 saturated heterocycles. The van der Waals surface area contributed by atoms with E-state index >= 15 is 0 Å². The Hall–Kier alpha value is -8.41. The summed E-state index contributed by atoms with van der Waals surface area (Å²) in [7, 11) is 0. The summed E-state index contributed by atoms with van der Waals surface area (Å²) in [6, 6.07) is 68.2. The van der Waals surface area contributed by atoms with Crippen LogP contribution in [-0.4, -0.2) is 21.1 Å². The highest BCUT2D eigenvalue weighted by Gasteiger charge is 2.37. The lowest BCUT2D eigenvalue weighted by Gasteiger charge is -2.23. The van der Waals surface area contributed by atoms with E-state index in [0.717, 1.165) is 60.5 Å². The van der Waals surface area contributed by atoms with Gasteiger partial charge in [0.2, 0.25) is 0 Å². The molecule has 0 bridgehead atoms. The van der Waals surface area contributed by atoms with E-state index in [1.54, 1.807) is 0 Å². The van der Waals surface area contributed by atoms with Gasteiger partial charge in [-0.2, -0.15) is 0 Å². The van der Waals surface area contributed by atoms with E-state index in [0.29, 0.717) is 17.5 Å². The van der Waals surface area contributed by atoms with Gasteiger partial charge in [0.25, 0.3) is 0 Å². The molecule has 0 fully saturated rings. The Morgan fingerprint density at radius 3 is 1.78 bits per heavy atom. The van der Waals surface area contributed by atoms with E-state index < -0.39 is 0 Å². The summed E-state index contributed by atoms with van der Waals surface area (Å²) in [5.41, 5.74) is 12.8. The van der Waals surface area contributed by atoms with Gasteiger partial charge in [0.15, 0.2) is 17.5 Å². The summed E-state index contributed by atoms with van der Waals surface area (Å²) >= 11 is 0. The first kappa shape index (κ1) is 36.3. The molecule has 9 aromatic carbocycles. The van der Waals surface area contributed by atoms with Crippen molar-refractivity contribution in [3.05, 3.63) is 223 Å². The van der Waals surface area contributed by atoms with Crippen LogP contribution >= 0.6 is 0 Å². The molecule has 2 aliphatic rings. The van der Waals surface area contributed by atoms with E-state index in [1.807, 2.05) is 30.3 Å². The molecule has 2 atom stereocenters. The Morgan fingerprint density at radius 2 is 0.984 bits per heavy atom. The number of fused-ring (bicyclic) bond motifs is 8. The lowest BCUT2D eigenvalue weighted by molar-refractivity contribution is 0.271. The zero-order chi connectivity index (χ0) is 42.1. The van der Waals surface area contributed by atoms with Crippen LogP contribution in [0.1, 0.15) is 17.0 Å². The Morgan fingerprint density at radius 1 is 0.406 bits per heavy atom. The molecule has 0 spiro atoms. The topological polar surface area (TPSA) is 61.0 Å². The molecular formula is C59H37N3O2. The van der Waals surface area contributed by atoms with Crippen LogP contribution in [0.2, 0.25) is 0 Å². The third-order valence-corrected chi connectivity index (χ3v) is 12.9. The van der Waals surface area contributed by atoms with Gasteiger partial charge in [-0.3, -0.25) is 0 Å². The number of nitrogens with zero attached hydrogens (tertiary/aromatic N) is 3. The number of hydrogen-bond acceptors (Lipinski definition) is 5. The lowest BCUT2D eigenvalue weighted by atomic mass is 9.80. The number of aromatic nitrogens is 3. The Bertz CT molecular complexity index is 3720. The maximum absolute atomic E-state index is 6.58. The van der Waals surface area contributed by atoms with Crippen molar-refractivity contribution >= 4 is 49.1 Å². The largest absolute Gasteiger partial charge is 0.485 e. The molecule has 2 unspecified atom stereocenters. The summed E-state index contributed by atoms with van der Waals surface area (Å²) in [6.45, 7) is 0. The van der Waals surface area contributed by atoms with Gasteiger partial charge in [0, 0.05) is 33.0 Å². The second-order valence-electron chi connectivity index (χ2n) is 16.7. The SMILES string of the molecule is C1=CC2Oc3ccc(-c4ccc(-c5ccccc5)cc4)cc3C2C(c2ccc3cc(-c4nc(-c5ccc6ccccc6c5)nc(-c5cccc6oc7ccccc7c56)n4)ccc3c2)=C1. The molecule has 11 aromatic rings. The van der Waals surface area contributed by atoms with Crippen LogP contribution in [0.3, 0.4) is 0 Å². The highest BCUT2D eigenvalue weighted by molar-refractivity contribution is 6.11. The van der Waals surface area contributed by atoms with Crippen LogP contribution < -0.4 is 4.74 Å². The van der Waals surface area contributed by atoms with Crippen molar-refractivity contribution in [1.29, 1.82) is 0 Å². The van der Waals surface area contributed by atoms with Crippen LogP contribution in [0.5, 0.6) is 5.75 Å². The number of allylic oxidation sites excluding steroid dienone is 2. The quantitative estimate of drug-likeness (QED) is 0.167. The van der Waals surface area contributed by atoms with Gasteiger partial charge < -0.3 is 9.15 Å². The first-order chi connectivity index (χ1) is 31.7. The van der Waals surface area contributed by atoms with Crippen LogP contribution in [0.25, 0.3) is 105 Å². The molecule has 13 rings (SSSR count). The van der Waals surface area contributed by atoms with Gasteiger partial charge in [-0.05, 0) is 103 Å². The van der Waals surface area contributed by atoms with Crippen LogP contribution in [0.15, 0.2) is 217 Å². The first-order valence-corrected chi connectivity index (χ1v) is 21.7. The van der Waals surface area contributed by atoms with Crippen LogP contribution in [0, 0.1) is 0 Å². The molecule has 0 N–H and O–H groups in total. The predicted molar refractivity (Wildman–Crippen MR) is 260 cm³/mol. The number of furan rings is 1. The molecule has 0 radical (unpaired) electrons. The molecular weight excluding hydrogens is 783 g/mol. The van der Waals surface area contributed by atoms with Crippen molar-refractivity contribution in [3.63, 3.8) is 0 Å². The van der Waals surface area contributed by atoms with Crippen molar-refractivity contribution in [2.45, 2.75) is 12.0 Å². The van der Waals surface area contributed by atoms with E-state index in [9.17, 15) is 0 Å². The van der Waals surface area contributed by atoms with E-state index in [4.69, 9.17) is 24.1 Å². The van der Waals surface area contributed by atoms with Crippen molar-refractivity contribution < 1.29 is 9.15 Å². The number of ether oxygens (including phenoxy) is 1. The van der Waals surface area contributed by atoms with Gasteiger partial charge in [-0.25, -0.2) is 15.0 Å². The number of hydrogen-bond donors (Lipinski definition) is 0. The fourth-order valence-corrected chi connectivity index (χ4v) is 9.71. The zero-order valence-electron chi connectivity index (χ0n) is 34.5. The van der Waals surface area contributed by atoms with E-state index in [2.05, 4.69) is 182 Å². The molecule has 2 aromatic heterocycles. The van der Waals surface area contributed by atoms with Crippen LogP contribution in [0.4, 0.5) is 0 Å².